The summed E-state index contributed by atoms with van der Waals surface area (Å²) >= 11 is 0. The van der Waals surface area contributed by atoms with Crippen molar-refractivity contribution in [2.45, 2.75) is 12.6 Å². The van der Waals surface area contributed by atoms with E-state index < -0.39 is 17.7 Å². The third-order valence-corrected chi connectivity index (χ3v) is 5.29. The summed E-state index contributed by atoms with van der Waals surface area (Å²) in [5.74, 6) is -1.13. The number of aromatic hydroxyl groups is 1. The summed E-state index contributed by atoms with van der Waals surface area (Å²) in [6.45, 7) is 0.186. The maximum Gasteiger partial charge on any atom is 0.295 e. The summed E-state index contributed by atoms with van der Waals surface area (Å²) in [4.78, 5) is 27.4. The van der Waals surface area contributed by atoms with Gasteiger partial charge in [0.15, 0.2) is 0 Å². The second kappa shape index (κ2) is 8.36. The number of aliphatic hydroxyl groups is 1. The molecule has 1 aliphatic heterocycles. The normalized spacial score (nSPS) is 17.7. The van der Waals surface area contributed by atoms with Gasteiger partial charge in [0, 0.05) is 12.1 Å². The van der Waals surface area contributed by atoms with Crippen LogP contribution in [0.5, 0.6) is 11.5 Å². The van der Waals surface area contributed by atoms with Crippen LogP contribution in [0.25, 0.3) is 5.76 Å². The van der Waals surface area contributed by atoms with Crippen LogP contribution in [0, 0.1) is 0 Å². The summed E-state index contributed by atoms with van der Waals surface area (Å²) in [5.41, 5.74) is 1.75. The first-order valence-corrected chi connectivity index (χ1v) is 9.75. The first-order valence-electron chi connectivity index (χ1n) is 9.75. The molecule has 1 atom stereocenters. The Balaban J connectivity index is 1.85. The van der Waals surface area contributed by atoms with Crippen LogP contribution in [0.4, 0.5) is 0 Å². The number of amides is 1. The van der Waals surface area contributed by atoms with Crippen LogP contribution in [0.2, 0.25) is 0 Å². The lowest BCUT2D eigenvalue weighted by Crippen LogP contribution is -2.29. The van der Waals surface area contributed by atoms with E-state index in [1.54, 1.807) is 36.4 Å². The molecule has 0 saturated carbocycles. The van der Waals surface area contributed by atoms with Crippen LogP contribution in [-0.4, -0.2) is 33.9 Å². The molecule has 3 aromatic rings. The van der Waals surface area contributed by atoms with E-state index in [0.29, 0.717) is 16.9 Å². The third-order valence-electron chi connectivity index (χ3n) is 5.29. The van der Waals surface area contributed by atoms with Gasteiger partial charge in [0.1, 0.15) is 17.3 Å². The van der Waals surface area contributed by atoms with Crippen molar-refractivity contribution in [3.8, 4) is 11.5 Å². The molecule has 3 aromatic carbocycles. The van der Waals surface area contributed by atoms with Crippen molar-refractivity contribution in [2.75, 3.05) is 7.11 Å². The number of phenols is 1. The second-order valence-corrected chi connectivity index (χ2v) is 7.24. The van der Waals surface area contributed by atoms with Crippen molar-refractivity contribution in [1.29, 1.82) is 0 Å². The third kappa shape index (κ3) is 3.88. The van der Waals surface area contributed by atoms with E-state index in [-0.39, 0.29) is 23.6 Å². The Kier molecular flexibility index (Phi) is 5.45. The molecule has 1 amide bonds. The van der Waals surface area contributed by atoms with E-state index in [1.807, 2.05) is 30.3 Å². The van der Waals surface area contributed by atoms with Crippen LogP contribution in [-0.2, 0) is 16.1 Å². The van der Waals surface area contributed by atoms with E-state index in [1.165, 1.54) is 24.1 Å². The molecule has 0 bridgehead atoms. The van der Waals surface area contributed by atoms with Gasteiger partial charge in [-0.15, -0.1) is 0 Å². The average molecular weight is 415 g/mol. The van der Waals surface area contributed by atoms with Crippen LogP contribution < -0.4 is 4.74 Å². The van der Waals surface area contributed by atoms with Crippen LogP contribution in [0.1, 0.15) is 22.7 Å². The molecule has 0 aromatic heterocycles. The van der Waals surface area contributed by atoms with Crippen molar-refractivity contribution in [2.24, 2.45) is 0 Å². The molecule has 4 rings (SSSR count). The topological polar surface area (TPSA) is 87.1 Å². The molecule has 0 aliphatic carbocycles. The summed E-state index contributed by atoms with van der Waals surface area (Å²) in [6.07, 6.45) is 0. The van der Waals surface area contributed by atoms with Gasteiger partial charge in [-0.1, -0.05) is 42.5 Å². The molecule has 1 saturated heterocycles. The zero-order chi connectivity index (χ0) is 22.0. The number of benzene rings is 3. The first kappa shape index (κ1) is 20.2. The highest BCUT2D eigenvalue weighted by molar-refractivity contribution is 6.46. The SMILES string of the molecule is COc1ccc(C(O)=C2C(=O)C(=O)N(Cc3ccccc3)C2c2cccc(O)c2)cc1. The first-order chi connectivity index (χ1) is 15.0. The Morgan fingerprint density at radius 1 is 0.968 bits per heavy atom. The van der Waals surface area contributed by atoms with Gasteiger partial charge in [0.2, 0.25) is 0 Å². The molecule has 0 spiro atoms. The molecule has 2 N–H and O–H groups in total. The van der Waals surface area contributed by atoms with Crippen molar-refractivity contribution in [1.82, 2.24) is 4.90 Å². The van der Waals surface area contributed by atoms with Crippen molar-refractivity contribution >= 4 is 17.4 Å². The number of ketones is 1. The van der Waals surface area contributed by atoms with E-state index in [9.17, 15) is 19.8 Å². The van der Waals surface area contributed by atoms with E-state index in [0.717, 1.165) is 5.56 Å². The Morgan fingerprint density at radius 3 is 2.32 bits per heavy atom. The molecule has 31 heavy (non-hydrogen) atoms. The summed E-state index contributed by atoms with van der Waals surface area (Å²) in [5, 5.41) is 21.0. The van der Waals surface area contributed by atoms with E-state index >= 15 is 0 Å². The molecule has 6 heteroatoms. The number of likely N-dealkylation sites (tertiary alicyclic amines) is 1. The van der Waals surface area contributed by atoms with Crippen molar-refractivity contribution < 1.29 is 24.5 Å². The molecular weight excluding hydrogens is 394 g/mol. The molecule has 156 valence electrons. The molecule has 1 heterocycles. The molecular formula is C25H21NO5. The molecule has 1 unspecified atom stereocenters. The number of rotatable bonds is 5. The lowest BCUT2D eigenvalue weighted by atomic mass is 9.95. The fraction of sp³-hybridized carbons (Fsp3) is 0.120. The lowest BCUT2D eigenvalue weighted by molar-refractivity contribution is -0.140. The Labute approximate surface area is 179 Å². The van der Waals surface area contributed by atoms with Gasteiger partial charge >= 0.3 is 0 Å². The number of aliphatic hydroxyl groups excluding tert-OH is 1. The smallest absolute Gasteiger partial charge is 0.295 e. The maximum absolute atomic E-state index is 13.0. The molecule has 1 aliphatic rings. The highest BCUT2D eigenvalue weighted by Crippen LogP contribution is 2.41. The van der Waals surface area contributed by atoms with Gasteiger partial charge in [-0.2, -0.15) is 0 Å². The maximum atomic E-state index is 13.0. The monoisotopic (exact) mass is 415 g/mol. The number of methoxy groups -OCH3 is 1. The van der Waals surface area contributed by atoms with Crippen LogP contribution >= 0.6 is 0 Å². The number of ether oxygens (including phenoxy) is 1. The predicted octanol–water partition coefficient (Wildman–Crippen LogP) is 4.02. The van der Waals surface area contributed by atoms with Gasteiger partial charge in [-0.05, 0) is 47.5 Å². The minimum atomic E-state index is -0.839. The number of phenolic OH excluding ortho intramolecular Hbond substituents is 1. The Hall–Kier alpha value is -4.06. The van der Waals surface area contributed by atoms with Gasteiger partial charge in [-0.25, -0.2) is 0 Å². The minimum absolute atomic E-state index is 0.00671. The summed E-state index contributed by atoms with van der Waals surface area (Å²) in [6, 6.07) is 21.4. The zero-order valence-corrected chi connectivity index (χ0v) is 16.9. The van der Waals surface area contributed by atoms with Gasteiger partial charge in [-0.3, -0.25) is 9.59 Å². The fourth-order valence-corrected chi connectivity index (χ4v) is 3.77. The molecule has 1 fully saturated rings. The Morgan fingerprint density at radius 2 is 1.68 bits per heavy atom. The second-order valence-electron chi connectivity index (χ2n) is 7.24. The fourth-order valence-electron chi connectivity index (χ4n) is 3.77. The lowest BCUT2D eigenvalue weighted by Gasteiger charge is -2.25. The Bertz CT molecular complexity index is 1150. The van der Waals surface area contributed by atoms with Gasteiger partial charge in [0.25, 0.3) is 11.7 Å². The standard InChI is InChI=1S/C25H21NO5/c1-31-20-12-10-17(11-13-20)23(28)21-22(18-8-5-9-19(27)14-18)26(25(30)24(21)29)15-16-6-3-2-4-7-16/h2-14,22,27-28H,15H2,1H3. The minimum Gasteiger partial charge on any atom is -0.508 e. The van der Waals surface area contributed by atoms with Crippen LogP contribution in [0.3, 0.4) is 0 Å². The van der Waals surface area contributed by atoms with Crippen molar-refractivity contribution in [3.05, 3.63) is 101 Å². The van der Waals surface area contributed by atoms with Crippen molar-refractivity contribution in [3.63, 3.8) is 0 Å². The van der Waals surface area contributed by atoms with E-state index in [2.05, 4.69) is 0 Å². The highest BCUT2D eigenvalue weighted by Gasteiger charge is 2.46. The number of hydrogen-bond donors (Lipinski definition) is 2. The molecule has 0 radical (unpaired) electrons. The summed E-state index contributed by atoms with van der Waals surface area (Å²) in [7, 11) is 1.53. The largest absolute Gasteiger partial charge is 0.508 e. The average Bonchev–Trinajstić information content (AvgIpc) is 3.04. The highest BCUT2D eigenvalue weighted by atomic mass is 16.5. The van der Waals surface area contributed by atoms with E-state index in [4.69, 9.17) is 4.74 Å². The predicted molar refractivity (Wildman–Crippen MR) is 115 cm³/mol. The number of hydrogen-bond acceptors (Lipinski definition) is 5. The van der Waals surface area contributed by atoms with Crippen LogP contribution in [0.15, 0.2) is 84.4 Å². The van der Waals surface area contributed by atoms with Gasteiger partial charge in [0.05, 0.1) is 18.7 Å². The molecule has 6 nitrogen and oxygen atoms in total. The zero-order valence-electron chi connectivity index (χ0n) is 16.9. The number of carbonyl (C=O) groups excluding carboxylic acids is 2. The quantitative estimate of drug-likeness (QED) is 0.373. The number of Topliss-reactive ketones (excluding diaryl/α,β-unsaturated/α-hetero) is 1. The van der Waals surface area contributed by atoms with Gasteiger partial charge < -0.3 is 19.8 Å². The number of carbonyl (C=O) groups is 2. The summed E-state index contributed by atoms with van der Waals surface area (Å²) < 4.78 is 5.14. The number of nitrogens with zero attached hydrogens (tertiary/aromatic N) is 1.